The first-order chi connectivity index (χ1) is 8.54. The third-order valence-electron chi connectivity index (χ3n) is 2.26. The SMILES string of the molecule is CCNCCC(=O)Nc1ccc(C(=O)O)c(Cl)c1. The van der Waals surface area contributed by atoms with Crippen molar-refractivity contribution in [3.05, 3.63) is 28.8 Å². The molecule has 6 heteroatoms. The lowest BCUT2D eigenvalue weighted by Crippen LogP contribution is -2.21. The molecule has 0 saturated carbocycles. The molecule has 3 N–H and O–H groups in total. The first-order valence-corrected chi connectivity index (χ1v) is 5.95. The predicted octanol–water partition coefficient (Wildman–Crippen LogP) is 1.98. The topological polar surface area (TPSA) is 78.4 Å². The van der Waals surface area contributed by atoms with Crippen molar-refractivity contribution in [3.8, 4) is 0 Å². The van der Waals surface area contributed by atoms with Crippen LogP contribution in [0.3, 0.4) is 0 Å². The van der Waals surface area contributed by atoms with Gasteiger partial charge in [-0.15, -0.1) is 0 Å². The van der Waals surface area contributed by atoms with Crippen LogP contribution < -0.4 is 10.6 Å². The molecule has 0 atom stereocenters. The molecule has 0 aliphatic rings. The second-order valence-electron chi connectivity index (χ2n) is 3.65. The lowest BCUT2D eigenvalue weighted by molar-refractivity contribution is -0.116. The summed E-state index contributed by atoms with van der Waals surface area (Å²) in [4.78, 5) is 22.3. The van der Waals surface area contributed by atoms with Crippen LogP contribution in [-0.4, -0.2) is 30.1 Å². The minimum absolute atomic E-state index is 0.0160. The number of carbonyl (C=O) groups excluding carboxylic acids is 1. The molecule has 1 aromatic rings. The van der Waals surface area contributed by atoms with E-state index < -0.39 is 5.97 Å². The largest absolute Gasteiger partial charge is 0.478 e. The first kappa shape index (κ1) is 14.5. The van der Waals surface area contributed by atoms with Gasteiger partial charge in [0.05, 0.1) is 10.6 Å². The molecule has 0 saturated heterocycles. The van der Waals surface area contributed by atoms with E-state index in [9.17, 15) is 9.59 Å². The van der Waals surface area contributed by atoms with Crippen LogP contribution in [0.4, 0.5) is 5.69 Å². The van der Waals surface area contributed by atoms with E-state index in [1.165, 1.54) is 18.2 Å². The van der Waals surface area contributed by atoms with Gasteiger partial charge in [0.1, 0.15) is 0 Å². The van der Waals surface area contributed by atoms with Crippen LogP contribution in [0.15, 0.2) is 18.2 Å². The Morgan fingerprint density at radius 3 is 2.67 bits per heavy atom. The van der Waals surface area contributed by atoms with Gasteiger partial charge in [-0.25, -0.2) is 4.79 Å². The Labute approximate surface area is 110 Å². The van der Waals surface area contributed by atoms with Crippen molar-refractivity contribution in [1.29, 1.82) is 0 Å². The number of hydrogen-bond donors (Lipinski definition) is 3. The zero-order valence-corrected chi connectivity index (χ0v) is 10.8. The molecule has 5 nitrogen and oxygen atoms in total. The van der Waals surface area contributed by atoms with Gasteiger partial charge in [-0.05, 0) is 24.7 Å². The second-order valence-corrected chi connectivity index (χ2v) is 4.06. The summed E-state index contributed by atoms with van der Waals surface area (Å²) in [6, 6.07) is 4.31. The van der Waals surface area contributed by atoms with Gasteiger partial charge in [-0.1, -0.05) is 18.5 Å². The van der Waals surface area contributed by atoms with Crippen molar-refractivity contribution in [2.24, 2.45) is 0 Å². The summed E-state index contributed by atoms with van der Waals surface area (Å²) in [5.74, 6) is -1.24. The van der Waals surface area contributed by atoms with Crippen LogP contribution in [0, 0.1) is 0 Å². The molecule has 0 aromatic heterocycles. The Kier molecular flexibility index (Phi) is 5.61. The summed E-state index contributed by atoms with van der Waals surface area (Å²) in [7, 11) is 0. The van der Waals surface area contributed by atoms with Crippen LogP contribution in [-0.2, 0) is 4.79 Å². The van der Waals surface area contributed by atoms with Gasteiger partial charge in [-0.3, -0.25) is 4.79 Å². The second kappa shape index (κ2) is 6.98. The summed E-state index contributed by atoms with van der Waals surface area (Å²) in [5, 5.41) is 14.6. The van der Waals surface area contributed by atoms with E-state index in [0.717, 1.165) is 6.54 Å². The Hall–Kier alpha value is -1.59. The van der Waals surface area contributed by atoms with Gasteiger partial charge in [0, 0.05) is 18.7 Å². The van der Waals surface area contributed by atoms with Gasteiger partial charge in [0.2, 0.25) is 5.91 Å². The standard InChI is InChI=1S/C12H15ClN2O3/c1-2-14-6-5-11(16)15-8-3-4-9(12(17)18)10(13)7-8/h3-4,7,14H,2,5-6H2,1H3,(H,15,16)(H,17,18). The molecule has 1 rings (SSSR count). The van der Waals surface area contributed by atoms with Crippen molar-refractivity contribution >= 4 is 29.2 Å². The Morgan fingerprint density at radius 2 is 2.11 bits per heavy atom. The molecule has 0 bridgehead atoms. The van der Waals surface area contributed by atoms with Crippen LogP contribution in [0.2, 0.25) is 5.02 Å². The Morgan fingerprint density at radius 1 is 1.39 bits per heavy atom. The molecule has 0 fully saturated rings. The van der Waals surface area contributed by atoms with E-state index >= 15 is 0 Å². The van der Waals surface area contributed by atoms with Crippen molar-refractivity contribution in [2.45, 2.75) is 13.3 Å². The van der Waals surface area contributed by atoms with Crippen molar-refractivity contribution in [2.75, 3.05) is 18.4 Å². The molecule has 0 aliphatic carbocycles. The van der Waals surface area contributed by atoms with Gasteiger partial charge in [0.25, 0.3) is 0 Å². The van der Waals surface area contributed by atoms with E-state index in [1.807, 2.05) is 6.92 Å². The quantitative estimate of drug-likeness (QED) is 0.691. The number of rotatable bonds is 6. The zero-order valence-electron chi connectivity index (χ0n) is 10.00. The number of aromatic carboxylic acids is 1. The maximum absolute atomic E-state index is 11.5. The van der Waals surface area contributed by atoms with E-state index in [2.05, 4.69) is 10.6 Å². The first-order valence-electron chi connectivity index (χ1n) is 5.58. The molecule has 0 unspecified atom stereocenters. The minimum atomic E-state index is -1.09. The van der Waals surface area contributed by atoms with E-state index in [1.54, 1.807) is 0 Å². The normalized spacial score (nSPS) is 10.1. The van der Waals surface area contributed by atoms with Gasteiger partial charge >= 0.3 is 5.97 Å². The van der Waals surface area contributed by atoms with Gasteiger partial charge < -0.3 is 15.7 Å². The van der Waals surface area contributed by atoms with Crippen LogP contribution in [0.5, 0.6) is 0 Å². The number of carboxylic acids is 1. The number of carbonyl (C=O) groups is 2. The Balaban J connectivity index is 2.60. The molecule has 0 radical (unpaired) electrons. The van der Waals surface area contributed by atoms with Gasteiger partial charge in [0.15, 0.2) is 0 Å². The number of amides is 1. The summed E-state index contributed by atoms with van der Waals surface area (Å²) in [6.07, 6.45) is 0.353. The monoisotopic (exact) mass is 270 g/mol. The third-order valence-corrected chi connectivity index (χ3v) is 2.57. The summed E-state index contributed by atoms with van der Waals surface area (Å²) < 4.78 is 0. The Bertz CT molecular complexity index is 449. The number of nitrogens with one attached hydrogen (secondary N) is 2. The van der Waals surface area contributed by atoms with Crippen molar-refractivity contribution in [1.82, 2.24) is 5.32 Å². The van der Waals surface area contributed by atoms with Crippen LogP contribution in [0.25, 0.3) is 0 Å². The number of halogens is 1. The molecule has 1 aromatic carbocycles. The van der Waals surface area contributed by atoms with E-state index in [-0.39, 0.29) is 16.5 Å². The summed E-state index contributed by atoms with van der Waals surface area (Å²) >= 11 is 5.79. The zero-order chi connectivity index (χ0) is 13.5. The van der Waals surface area contributed by atoms with E-state index in [0.29, 0.717) is 18.7 Å². The summed E-state index contributed by atoms with van der Waals surface area (Å²) in [5.41, 5.74) is 0.508. The fourth-order valence-electron chi connectivity index (χ4n) is 1.37. The van der Waals surface area contributed by atoms with Crippen LogP contribution >= 0.6 is 11.6 Å². The molecule has 0 heterocycles. The molecule has 98 valence electrons. The highest BCUT2D eigenvalue weighted by Crippen LogP contribution is 2.21. The molecule has 18 heavy (non-hydrogen) atoms. The fraction of sp³-hybridized carbons (Fsp3) is 0.333. The minimum Gasteiger partial charge on any atom is -0.478 e. The van der Waals surface area contributed by atoms with Crippen LogP contribution in [0.1, 0.15) is 23.7 Å². The average Bonchev–Trinajstić information content (AvgIpc) is 2.28. The van der Waals surface area contributed by atoms with E-state index in [4.69, 9.17) is 16.7 Å². The highest BCUT2D eigenvalue weighted by atomic mass is 35.5. The highest BCUT2D eigenvalue weighted by molar-refractivity contribution is 6.33. The number of carboxylic acid groups (broad SMARTS) is 1. The number of benzene rings is 1. The average molecular weight is 271 g/mol. The molecule has 0 spiro atoms. The van der Waals surface area contributed by atoms with Crippen molar-refractivity contribution in [3.63, 3.8) is 0 Å². The summed E-state index contributed by atoms with van der Waals surface area (Å²) in [6.45, 7) is 3.37. The lowest BCUT2D eigenvalue weighted by atomic mass is 10.2. The smallest absolute Gasteiger partial charge is 0.337 e. The lowest BCUT2D eigenvalue weighted by Gasteiger charge is -2.07. The van der Waals surface area contributed by atoms with Crippen molar-refractivity contribution < 1.29 is 14.7 Å². The maximum Gasteiger partial charge on any atom is 0.337 e. The molecule has 1 amide bonds. The van der Waals surface area contributed by atoms with Gasteiger partial charge in [-0.2, -0.15) is 0 Å². The number of anilines is 1. The molecule has 0 aliphatic heterocycles. The third kappa shape index (κ3) is 4.35. The molecular weight excluding hydrogens is 256 g/mol. The number of hydrogen-bond acceptors (Lipinski definition) is 3. The fourth-order valence-corrected chi connectivity index (χ4v) is 1.63. The molecular formula is C12H15ClN2O3. The predicted molar refractivity (Wildman–Crippen MR) is 70.2 cm³/mol. The highest BCUT2D eigenvalue weighted by Gasteiger charge is 2.09. The maximum atomic E-state index is 11.5.